The highest BCUT2D eigenvalue weighted by atomic mass is 15.2. The molecule has 88 valence electrons. The van der Waals surface area contributed by atoms with Gasteiger partial charge in [0.1, 0.15) is 0 Å². The number of likely N-dealkylation sites (N-methyl/N-ethyl adjacent to an activating group) is 1. The van der Waals surface area contributed by atoms with Gasteiger partial charge in [-0.1, -0.05) is 26.2 Å². The Morgan fingerprint density at radius 3 is 2.80 bits per heavy atom. The molecule has 0 radical (unpaired) electrons. The normalized spacial score (nSPS) is 38.4. The van der Waals surface area contributed by atoms with Crippen LogP contribution in [0.1, 0.15) is 45.4 Å². The van der Waals surface area contributed by atoms with Crippen LogP contribution in [0.2, 0.25) is 0 Å². The topological polar surface area (TPSA) is 15.3 Å². The van der Waals surface area contributed by atoms with Crippen LogP contribution in [0.25, 0.3) is 0 Å². The predicted molar refractivity (Wildman–Crippen MR) is 65.1 cm³/mol. The number of hydrogen-bond acceptors (Lipinski definition) is 2. The van der Waals surface area contributed by atoms with Gasteiger partial charge in [-0.15, -0.1) is 0 Å². The Kier molecular flexibility index (Phi) is 4.04. The Balaban J connectivity index is 1.83. The Morgan fingerprint density at radius 1 is 1.27 bits per heavy atom. The van der Waals surface area contributed by atoms with Crippen molar-refractivity contribution in [3.8, 4) is 0 Å². The summed E-state index contributed by atoms with van der Waals surface area (Å²) in [6, 6.07) is 1.66. The third kappa shape index (κ3) is 2.73. The molecule has 0 spiro atoms. The van der Waals surface area contributed by atoms with E-state index in [1.807, 2.05) is 0 Å². The molecule has 1 aliphatic carbocycles. The van der Waals surface area contributed by atoms with E-state index in [0.29, 0.717) is 0 Å². The van der Waals surface area contributed by atoms with Gasteiger partial charge in [0.05, 0.1) is 0 Å². The first-order valence-electron chi connectivity index (χ1n) is 6.74. The monoisotopic (exact) mass is 210 g/mol. The molecule has 2 aliphatic rings. The maximum Gasteiger partial charge on any atom is 0.0204 e. The Morgan fingerprint density at radius 2 is 2.13 bits per heavy atom. The summed E-state index contributed by atoms with van der Waals surface area (Å²) in [5.74, 6) is 1.01. The fourth-order valence-electron chi connectivity index (χ4n) is 3.32. The molecule has 0 amide bonds. The SMILES string of the molecule is CCC1CCCC(N2CCC(NC)C2)C1. The van der Waals surface area contributed by atoms with Crippen molar-refractivity contribution in [3.05, 3.63) is 0 Å². The minimum absolute atomic E-state index is 0.756. The van der Waals surface area contributed by atoms with Crippen molar-refractivity contribution < 1.29 is 0 Å². The van der Waals surface area contributed by atoms with Crippen LogP contribution >= 0.6 is 0 Å². The van der Waals surface area contributed by atoms with E-state index in [4.69, 9.17) is 0 Å². The molecule has 2 nitrogen and oxygen atoms in total. The third-order valence-corrected chi connectivity index (χ3v) is 4.48. The second kappa shape index (κ2) is 5.31. The summed E-state index contributed by atoms with van der Waals surface area (Å²) in [7, 11) is 2.10. The maximum atomic E-state index is 3.42. The summed E-state index contributed by atoms with van der Waals surface area (Å²) in [5, 5.41) is 3.42. The molecule has 3 unspecified atom stereocenters. The molecule has 1 N–H and O–H groups in total. The first-order chi connectivity index (χ1) is 7.33. The van der Waals surface area contributed by atoms with Crippen LogP contribution < -0.4 is 5.32 Å². The minimum atomic E-state index is 0.756. The maximum absolute atomic E-state index is 3.42. The van der Waals surface area contributed by atoms with Gasteiger partial charge in [0, 0.05) is 25.2 Å². The fraction of sp³-hybridized carbons (Fsp3) is 1.00. The van der Waals surface area contributed by atoms with Gasteiger partial charge in [0.15, 0.2) is 0 Å². The van der Waals surface area contributed by atoms with Crippen molar-refractivity contribution in [2.45, 2.75) is 57.5 Å². The van der Waals surface area contributed by atoms with Gasteiger partial charge in [0.2, 0.25) is 0 Å². The molecule has 2 fully saturated rings. The van der Waals surface area contributed by atoms with Crippen LogP contribution in [0.15, 0.2) is 0 Å². The molecule has 0 bridgehead atoms. The predicted octanol–water partition coefficient (Wildman–Crippen LogP) is 2.25. The molecule has 1 saturated carbocycles. The first-order valence-corrected chi connectivity index (χ1v) is 6.74. The molecule has 15 heavy (non-hydrogen) atoms. The van der Waals surface area contributed by atoms with Crippen LogP contribution in [0, 0.1) is 5.92 Å². The van der Waals surface area contributed by atoms with Crippen LogP contribution in [-0.2, 0) is 0 Å². The molecule has 2 heteroatoms. The van der Waals surface area contributed by atoms with Crippen LogP contribution in [0.3, 0.4) is 0 Å². The van der Waals surface area contributed by atoms with Crippen molar-refractivity contribution >= 4 is 0 Å². The van der Waals surface area contributed by atoms with E-state index in [0.717, 1.165) is 18.0 Å². The Bertz CT molecular complexity index is 193. The summed E-state index contributed by atoms with van der Waals surface area (Å²) in [6.07, 6.45) is 8.60. The Labute approximate surface area is 94.4 Å². The molecule has 3 atom stereocenters. The summed E-state index contributed by atoms with van der Waals surface area (Å²) in [6.45, 7) is 4.97. The van der Waals surface area contributed by atoms with Crippen LogP contribution in [0.4, 0.5) is 0 Å². The molecule has 0 aromatic heterocycles. The number of nitrogens with one attached hydrogen (secondary N) is 1. The van der Waals surface area contributed by atoms with Crippen LogP contribution in [-0.4, -0.2) is 37.1 Å². The van der Waals surface area contributed by atoms with E-state index >= 15 is 0 Å². The van der Waals surface area contributed by atoms with Gasteiger partial charge >= 0.3 is 0 Å². The minimum Gasteiger partial charge on any atom is -0.316 e. The second-order valence-electron chi connectivity index (χ2n) is 5.36. The highest BCUT2D eigenvalue weighted by Crippen LogP contribution is 2.31. The molecule has 2 rings (SSSR count). The van der Waals surface area contributed by atoms with Crippen LogP contribution in [0.5, 0.6) is 0 Å². The van der Waals surface area contributed by atoms with Crippen molar-refractivity contribution in [1.82, 2.24) is 10.2 Å². The van der Waals surface area contributed by atoms with Gasteiger partial charge in [-0.05, 0) is 32.2 Å². The molecule has 0 aromatic rings. The zero-order valence-corrected chi connectivity index (χ0v) is 10.3. The molecule has 1 saturated heterocycles. The van der Waals surface area contributed by atoms with Gasteiger partial charge in [-0.3, -0.25) is 4.90 Å². The molecule has 1 heterocycles. The van der Waals surface area contributed by atoms with Gasteiger partial charge < -0.3 is 5.32 Å². The van der Waals surface area contributed by atoms with Crippen molar-refractivity contribution in [1.29, 1.82) is 0 Å². The average molecular weight is 210 g/mol. The van der Waals surface area contributed by atoms with Crippen molar-refractivity contribution in [2.75, 3.05) is 20.1 Å². The zero-order valence-electron chi connectivity index (χ0n) is 10.3. The summed E-state index contributed by atoms with van der Waals surface area (Å²) < 4.78 is 0. The average Bonchev–Trinajstić information content (AvgIpc) is 2.78. The number of rotatable bonds is 3. The lowest BCUT2D eigenvalue weighted by Gasteiger charge is -2.35. The van der Waals surface area contributed by atoms with E-state index in [1.165, 1.54) is 51.6 Å². The third-order valence-electron chi connectivity index (χ3n) is 4.48. The first kappa shape index (κ1) is 11.4. The van der Waals surface area contributed by atoms with Crippen molar-refractivity contribution in [2.24, 2.45) is 5.92 Å². The highest BCUT2D eigenvalue weighted by molar-refractivity contribution is 4.87. The van der Waals surface area contributed by atoms with Gasteiger partial charge in [-0.25, -0.2) is 0 Å². The van der Waals surface area contributed by atoms with E-state index in [1.54, 1.807) is 0 Å². The lowest BCUT2D eigenvalue weighted by atomic mass is 9.83. The fourth-order valence-corrected chi connectivity index (χ4v) is 3.32. The quantitative estimate of drug-likeness (QED) is 0.768. The smallest absolute Gasteiger partial charge is 0.0204 e. The molecule has 1 aliphatic heterocycles. The Hall–Kier alpha value is -0.0800. The number of hydrogen-bond donors (Lipinski definition) is 1. The molecular formula is C13H26N2. The lowest BCUT2D eigenvalue weighted by Crippen LogP contribution is -2.39. The molecule has 0 aromatic carbocycles. The van der Waals surface area contributed by atoms with Gasteiger partial charge in [0.25, 0.3) is 0 Å². The van der Waals surface area contributed by atoms with E-state index in [-0.39, 0.29) is 0 Å². The molecular weight excluding hydrogens is 184 g/mol. The summed E-state index contributed by atoms with van der Waals surface area (Å²) in [5.41, 5.74) is 0. The van der Waals surface area contributed by atoms with E-state index < -0.39 is 0 Å². The van der Waals surface area contributed by atoms with E-state index in [2.05, 4.69) is 24.2 Å². The largest absolute Gasteiger partial charge is 0.316 e. The second-order valence-corrected chi connectivity index (χ2v) is 5.36. The summed E-state index contributed by atoms with van der Waals surface area (Å²) >= 11 is 0. The standard InChI is InChI=1S/C13H26N2/c1-3-11-5-4-6-13(9-11)15-8-7-12(10-15)14-2/h11-14H,3-10H2,1-2H3. The number of likely N-dealkylation sites (tertiary alicyclic amines) is 1. The lowest BCUT2D eigenvalue weighted by molar-refractivity contribution is 0.152. The highest BCUT2D eigenvalue weighted by Gasteiger charge is 2.30. The zero-order chi connectivity index (χ0) is 10.7. The van der Waals surface area contributed by atoms with Crippen molar-refractivity contribution in [3.63, 3.8) is 0 Å². The summed E-state index contributed by atoms with van der Waals surface area (Å²) in [4.78, 5) is 2.74. The van der Waals surface area contributed by atoms with Gasteiger partial charge in [-0.2, -0.15) is 0 Å². The van der Waals surface area contributed by atoms with E-state index in [9.17, 15) is 0 Å². The number of nitrogens with zero attached hydrogens (tertiary/aromatic N) is 1.